The first-order chi connectivity index (χ1) is 12.8. The molecule has 0 unspecified atom stereocenters. The summed E-state index contributed by atoms with van der Waals surface area (Å²) in [5, 5.41) is 10.7. The molecule has 0 atom stereocenters. The number of likely N-dealkylation sites (tertiary alicyclic amines) is 1. The van der Waals surface area contributed by atoms with Gasteiger partial charge in [-0.2, -0.15) is 0 Å². The third-order valence-corrected chi connectivity index (χ3v) is 5.24. The summed E-state index contributed by atoms with van der Waals surface area (Å²) in [6.07, 6.45) is 1.62. The predicted octanol–water partition coefficient (Wildman–Crippen LogP) is 0.797. The van der Waals surface area contributed by atoms with Gasteiger partial charge >= 0.3 is 12.1 Å². The number of amides is 3. The van der Waals surface area contributed by atoms with Gasteiger partial charge in [0.05, 0.1) is 11.5 Å². The molecule has 3 amide bonds. The largest absolute Gasteiger partial charge is 0.450 e. The van der Waals surface area contributed by atoms with Crippen molar-refractivity contribution in [2.75, 3.05) is 26.2 Å². The quantitative estimate of drug-likeness (QED) is 0.652. The number of ether oxygens (including phenoxy) is 1. The molecule has 1 aromatic carbocycles. The molecule has 0 bridgehead atoms. The summed E-state index contributed by atoms with van der Waals surface area (Å²) < 4.78 is 27.4. The molecule has 1 aromatic rings. The number of rotatable bonds is 6. The average Bonchev–Trinajstić information content (AvgIpc) is 2.62. The second-order valence-corrected chi connectivity index (χ2v) is 7.86. The second-order valence-electron chi connectivity index (χ2n) is 6.30. The standard InChI is InChI=1S/C17H26N4O5S/c1-2-26-17(23)21-11-8-14(9-12-21)20-16(22)19-10-7-13-3-5-15(6-4-13)27(18,24)25/h3-6,14H,2,7-12H2,1H3,(H2,18,24,25)(H2,19,20,22). The molecule has 0 aliphatic carbocycles. The third kappa shape index (κ3) is 6.72. The Morgan fingerprint density at radius 1 is 1.22 bits per heavy atom. The van der Waals surface area contributed by atoms with Gasteiger partial charge in [-0.15, -0.1) is 0 Å². The average molecular weight is 398 g/mol. The van der Waals surface area contributed by atoms with E-state index in [4.69, 9.17) is 9.88 Å². The van der Waals surface area contributed by atoms with Gasteiger partial charge in [0.2, 0.25) is 10.0 Å². The summed E-state index contributed by atoms with van der Waals surface area (Å²) >= 11 is 0. The molecule has 0 aromatic heterocycles. The minimum absolute atomic E-state index is 0.0183. The molecule has 1 fully saturated rings. The van der Waals surface area contributed by atoms with Crippen molar-refractivity contribution >= 4 is 22.1 Å². The van der Waals surface area contributed by atoms with E-state index in [0.717, 1.165) is 5.56 Å². The van der Waals surface area contributed by atoms with Crippen molar-refractivity contribution in [1.29, 1.82) is 0 Å². The molecule has 150 valence electrons. The van der Waals surface area contributed by atoms with Crippen LogP contribution in [0.2, 0.25) is 0 Å². The summed E-state index contributed by atoms with van der Waals surface area (Å²) in [6.45, 7) is 3.65. The van der Waals surface area contributed by atoms with E-state index in [1.54, 1.807) is 24.0 Å². The summed E-state index contributed by atoms with van der Waals surface area (Å²) in [4.78, 5) is 25.3. The van der Waals surface area contributed by atoms with Crippen molar-refractivity contribution in [1.82, 2.24) is 15.5 Å². The van der Waals surface area contributed by atoms with Crippen LogP contribution in [0.15, 0.2) is 29.2 Å². The van der Waals surface area contributed by atoms with Gasteiger partial charge in [-0.3, -0.25) is 0 Å². The van der Waals surface area contributed by atoms with Gasteiger partial charge in [0.15, 0.2) is 0 Å². The number of piperidine rings is 1. The van der Waals surface area contributed by atoms with Gasteiger partial charge in [0.1, 0.15) is 0 Å². The van der Waals surface area contributed by atoms with E-state index in [9.17, 15) is 18.0 Å². The molecule has 0 radical (unpaired) electrons. The van der Waals surface area contributed by atoms with Crippen LogP contribution >= 0.6 is 0 Å². The Kier molecular flexibility index (Phi) is 7.43. The molecule has 0 saturated carbocycles. The van der Waals surface area contributed by atoms with Crippen LogP contribution in [0.5, 0.6) is 0 Å². The summed E-state index contributed by atoms with van der Waals surface area (Å²) in [5.74, 6) is 0. The number of benzene rings is 1. The van der Waals surface area contributed by atoms with Gasteiger partial charge < -0.3 is 20.3 Å². The van der Waals surface area contributed by atoms with Crippen LogP contribution < -0.4 is 15.8 Å². The number of carbonyl (C=O) groups is 2. The first-order valence-corrected chi connectivity index (χ1v) is 10.4. The van der Waals surface area contributed by atoms with Gasteiger partial charge in [-0.25, -0.2) is 23.1 Å². The van der Waals surface area contributed by atoms with Crippen LogP contribution in [0.4, 0.5) is 9.59 Å². The number of urea groups is 1. The van der Waals surface area contributed by atoms with Crippen LogP contribution in [-0.4, -0.2) is 57.7 Å². The molecule has 27 heavy (non-hydrogen) atoms. The number of nitrogens with two attached hydrogens (primary N) is 1. The molecule has 9 nitrogen and oxygen atoms in total. The first kappa shape index (κ1) is 21.0. The molecule has 4 N–H and O–H groups in total. The number of hydrogen-bond donors (Lipinski definition) is 3. The van der Waals surface area contributed by atoms with E-state index in [1.807, 2.05) is 0 Å². The van der Waals surface area contributed by atoms with E-state index in [1.165, 1.54) is 12.1 Å². The lowest BCUT2D eigenvalue weighted by molar-refractivity contribution is 0.0957. The maximum Gasteiger partial charge on any atom is 0.409 e. The molecule has 1 aliphatic heterocycles. The Balaban J connectivity index is 1.67. The van der Waals surface area contributed by atoms with E-state index in [2.05, 4.69) is 10.6 Å². The van der Waals surface area contributed by atoms with Crippen molar-refractivity contribution in [3.05, 3.63) is 29.8 Å². The Labute approximate surface area is 159 Å². The fraction of sp³-hybridized carbons (Fsp3) is 0.529. The van der Waals surface area contributed by atoms with E-state index < -0.39 is 10.0 Å². The van der Waals surface area contributed by atoms with Crippen molar-refractivity contribution < 1.29 is 22.7 Å². The minimum atomic E-state index is -3.69. The van der Waals surface area contributed by atoms with Gasteiger partial charge in [-0.05, 0) is 43.9 Å². The molecule has 10 heteroatoms. The maximum atomic E-state index is 12.0. The number of nitrogens with one attached hydrogen (secondary N) is 2. The van der Waals surface area contributed by atoms with E-state index in [-0.39, 0.29) is 23.1 Å². The fourth-order valence-electron chi connectivity index (χ4n) is 2.82. The Morgan fingerprint density at radius 3 is 2.41 bits per heavy atom. The number of sulfonamides is 1. The van der Waals surface area contributed by atoms with Crippen molar-refractivity contribution in [2.45, 2.75) is 37.1 Å². The van der Waals surface area contributed by atoms with Crippen molar-refractivity contribution in [3.63, 3.8) is 0 Å². The predicted molar refractivity (Wildman–Crippen MR) is 99.7 cm³/mol. The SMILES string of the molecule is CCOC(=O)N1CCC(NC(=O)NCCc2ccc(S(N)(=O)=O)cc2)CC1. The highest BCUT2D eigenvalue weighted by Crippen LogP contribution is 2.11. The van der Waals surface area contributed by atoms with Crippen LogP contribution in [0.3, 0.4) is 0 Å². The third-order valence-electron chi connectivity index (χ3n) is 4.31. The number of primary sulfonamides is 1. The molecule has 2 rings (SSSR count). The summed E-state index contributed by atoms with van der Waals surface area (Å²) in [5.41, 5.74) is 0.894. The molecule has 1 heterocycles. The number of carbonyl (C=O) groups excluding carboxylic acids is 2. The van der Waals surface area contributed by atoms with Gasteiger partial charge in [-0.1, -0.05) is 12.1 Å². The zero-order valence-electron chi connectivity index (χ0n) is 15.3. The zero-order valence-corrected chi connectivity index (χ0v) is 16.1. The topological polar surface area (TPSA) is 131 Å². The summed E-state index contributed by atoms with van der Waals surface area (Å²) in [7, 11) is -3.69. The highest BCUT2D eigenvalue weighted by Gasteiger charge is 2.24. The Hall–Kier alpha value is -2.33. The van der Waals surface area contributed by atoms with Gasteiger partial charge in [0, 0.05) is 25.7 Å². The molecule has 0 spiro atoms. The molecule has 1 saturated heterocycles. The second kappa shape index (κ2) is 9.56. The van der Waals surface area contributed by atoms with Crippen LogP contribution in [0, 0.1) is 0 Å². The highest BCUT2D eigenvalue weighted by atomic mass is 32.2. The lowest BCUT2D eigenvalue weighted by Gasteiger charge is -2.31. The molecular formula is C17H26N4O5S. The van der Waals surface area contributed by atoms with Crippen molar-refractivity contribution in [3.8, 4) is 0 Å². The number of hydrogen-bond acceptors (Lipinski definition) is 5. The normalized spacial score (nSPS) is 15.3. The fourth-order valence-corrected chi connectivity index (χ4v) is 3.34. The van der Waals surface area contributed by atoms with Gasteiger partial charge in [0.25, 0.3) is 0 Å². The Bertz CT molecular complexity index is 743. The molecular weight excluding hydrogens is 372 g/mol. The van der Waals surface area contributed by atoms with E-state index >= 15 is 0 Å². The Morgan fingerprint density at radius 2 is 1.85 bits per heavy atom. The first-order valence-electron chi connectivity index (χ1n) is 8.87. The van der Waals surface area contributed by atoms with Crippen LogP contribution in [0.1, 0.15) is 25.3 Å². The number of nitrogens with zero attached hydrogens (tertiary/aromatic N) is 1. The van der Waals surface area contributed by atoms with Crippen LogP contribution in [-0.2, 0) is 21.2 Å². The molecule has 1 aliphatic rings. The smallest absolute Gasteiger partial charge is 0.409 e. The minimum Gasteiger partial charge on any atom is -0.450 e. The van der Waals surface area contributed by atoms with Crippen LogP contribution in [0.25, 0.3) is 0 Å². The maximum absolute atomic E-state index is 12.0. The monoisotopic (exact) mass is 398 g/mol. The van der Waals surface area contributed by atoms with Crippen molar-refractivity contribution in [2.24, 2.45) is 5.14 Å². The lowest BCUT2D eigenvalue weighted by atomic mass is 10.1. The lowest BCUT2D eigenvalue weighted by Crippen LogP contribution is -2.49. The van der Waals surface area contributed by atoms with E-state index in [0.29, 0.717) is 45.5 Å². The highest BCUT2D eigenvalue weighted by molar-refractivity contribution is 7.89. The summed E-state index contributed by atoms with van der Waals surface area (Å²) in [6, 6.07) is 5.99. The zero-order chi connectivity index (χ0) is 19.9.